The SMILES string of the molecule is Brc1ccc(CNCc2ccccc2)cc1. The van der Waals surface area contributed by atoms with Crippen LogP contribution in [0.15, 0.2) is 59.1 Å². The van der Waals surface area contributed by atoms with E-state index >= 15 is 0 Å². The fourth-order valence-electron chi connectivity index (χ4n) is 1.55. The predicted molar refractivity (Wildman–Crippen MR) is 71.1 cm³/mol. The highest BCUT2D eigenvalue weighted by atomic mass is 79.9. The van der Waals surface area contributed by atoms with Gasteiger partial charge in [0.05, 0.1) is 0 Å². The average Bonchev–Trinajstić information content (AvgIpc) is 2.33. The van der Waals surface area contributed by atoms with Crippen LogP contribution in [0, 0.1) is 0 Å². The molecule has 2 rings (SSSR count). The molecule has 2 aromatic carbocycles. The van der Waals surface area contributed by atoms with Gasteiger partial charge in [-0.1, -0.05) is 58.4 Å². The lowest BCUT2D eigenvalue weighted by Crippen LogP contribution is -2.12. The second-order valence-corrected chi connectivity index (χ2v) is 4.63. The molecular weight excluding hydrogens is 262 g/mol. The van der Waals surface area contributed by atoms with E-state index in [2.05, 4.69) is 69.8 Å². The second-order valence-electron chi connectivity index (χ2n) is 3.72. The van der Waals surface area contributed by atoms with Crippen molar-refractivity contribution in [1.29, 1.82) is 0 Å². The molecule has 0 aliphatic heterocycles. The van der Waals surface area contributed by atoms with Crippen molar-refractivity contribution in [2.45, 2.75) is 13.1 Å². The van der Waals surface area contributed by atoms with Gasteiger partial charge in [-0.3, -0.25) is 0 Å². The number of nitrogens with one attached hydrogen (secondary N) is 1. The monoisotopic (exact) mass is 275 g/mol. The molecule has 0 atom stereocenters. The number of hydrogen-bond acceptors (Lipinski definition) is 1. The summed E-state index contributed by atoms with van der Waals surface area (Å²) in [5.41, 5.74) is 2.62. The molecule has 2 heteroatoms. The summed E-state index contributed by atoms with van der Waals surface area (Å²) in [6.07, 6.45) is 0. The van der Waals surface area contributed by atoms with E-state index < -0.39 is 0 Å². The van der Waals surface area contributed by atoms with Crippen molar-refractivity contribution in [3.05, 3.63) is 70.2 Å². The van der Waals surface area contributed by atoms with Crippen LogP contribution < -0.4 is 5.32 Å². The lowest BCUT2D eigenvalue weighted by Gasteiger charge is -2.05. The molecule has 0 aliphatic rings. The lowest BCUT2D eigenvalue weighted by molar-refractivity contribution is 0.693. The minimum atomic E-state index is 0.905. The Morgan fingerprint density at radius 2 is 1.31 bits per heavy atom. The van der Waals surface area contributed by atoms with Crippen LogP contribution in [0.3, 0.4) is 0 Å². The average molecular weight is 276 g/mol. The Hall–Kier alpha value is -1.12. The first-order valence-corrected chi connectivity index (χ1v) is 6.13. The van der Waals surface area contributed by atoms with E-state index in [1.54, 1.807) is 0 Å². The Morgan fingerprint density at radius 1 is 0.750 bits per heavy atom. The van der Waals surface area contributed by atoms with Crippen molar-refractivity contribution < 1.29 is 0 Å². The van der Waals surface area contributed by atoms with Crippen LogP contribution in [-0.2, 0) is 13.1 Å². The summed E-state index contributed by atoms with van der Waals surface area (Å²) >= 11 is 3.43. The first-order chi connectivity index (χ1) is 7.84. The summed E-state index contributed by atoms with van der Waals surface area (Å²) < 4.78 is 1.12. The van der Waals surface area contributed by atoms with Gasteiger partial charge >= 0.3 is 0 Å². The van der Waals surface area contributed by atoms with Crippen LogP contribution in [0.4, 0.5) is 0 Å². The van der Waals surface area contributed by atoms with E-state index in [0.717, 1.165) is 17.6 Å². The van der Waals surface area contributed by atoms with E-state index in [9.17, 15) is 0 Å². The minimum Gasteiger partial charge on any atom is -0.309 e. The highest BCUT2D eigenvalue weighted by molar-refractivity contribution is 9.10. The lowest BCUT2D eigenvalue weighted by atomic mass is 10.2. The van der Waals surface area contributed by atoms with Crippen LogP contribution in [0.2, 0.25) is 0 Å². The van der Waals surface area contributed by atoms with Crippen molar-refractivity contribution in [2.24, 2.45) is 0 Å². The van der Waals surface area contributed by atoms with Gasteiger partial charge in [-0.05, 0) is 23.3 Å². The van der Waals surface area contributed by atoms with Gasteiger partial charge in [0.15, 0.2) is 0 Å². The minimum absolute atomic E-state index is 0.905. The molecule has 0 radical (unpaired) electrons. The summed E-state index contributed by atoms with van der Waals surface area (Å²) in [7, 11) is 0. The molecule has 2 aromatic rings. The van der Waals surface area contributed by atoms with E-state index in [1.165, 1.54) is 11.1 Å². The van der Waals surface area contributed by atoms with Crippen LogP contribution >= 0.6 is 15.9 Å². The van der Waals surface area contributed by atoms with Gasteiger partial charge in [-0.15, -0.1) is 0 Å². The Labute approximate surface area is 105 Å². The largest absolute Gasteiger partial charge is 0.309 e. The number of halogens is 1. The van der Waals surface area contributed by atoms with Gasteiger partial charge in [0.2, 0.25) is 0 Å². The molecule has 82 valence electrons. The van der Waals surface area contributed by atoms with Gasteiger partial charge in [0.25, 0.3) is 0 Å². The maximum absolute atomic E-state index is 3.43. The molecule has 1 N–H and O–H groups in total. The summed E-state index contributed by atoms with van der Waals surface area (Å²) in [6.45, 7) is 1.82. The van der Waals surface area contributed by atoms with Crippen molar-refractivity contribution >= 4 is 15.9 Å². The third-order valence-electron chi connectivity index (χ3n) is 2.41. The highest BCUT2D eigenvalue weighted by Gasteiger charge is 1.93. The standard InChI is InChI=1S/C14H14BrN/c15-14-8-6-13(7-9-14)11-16-10-12-4-2-1-3-5-12/h1-9,16H,10-11H2. The van der Waals surface area contributed by atoms with Gasteiger partial charge < -0.3 is 5.32 Å². The van der Waals surface area contributed by atoms with Crippen molar-refractivity contribution in [3.8, 4) is 0 Å². The van der Waals surface area contributed by atoms with E-state index in [-0.39, 0.29) is 0 Å². The first-order valence-electron chi connectivity index (χ1n) is 5.34. The molecular formula is C14H14BrN. The van der Waals surface area contributed by atoms with Crippen molar-refractivity contribution in [1.82, 2.24) is 5.32 Å². The molecule has 16 heavy (non-hydrogen) atoms. The predicted octanol–water partition coefficient (Wildman–Crippen LogP) is 3.74. The third kappa shape index (κ3) is 3.47. The Bertz CT molecular complexity index is 422. The van der Waals surface area contributed by atoms with Gasteiger partial charge in [0.1, 0.15) is 0 Å². The Kier molecular flexibility index (Phi) is 4.14. The number of rotatable bonds is 4. The molecule has 0 saturated heterocycles. The molecule has 0 heterocycles. The summed E-state index contributed by atoms with van der Waals surface area (Å²) in [5.74, 6) is 0. The zero-order valence-electron chi connectivity index (χ0n) is 8.99. The van der Waals surface area contributed by atoms with E-state index in [1.807, 2.05) is 6.07 Å². The van der Waals surface area contributed by atoms with E-state index in [0.29, 0.717) is 0 Å². The number of benzene rings is 2. The maximum Gasteiger partial charge on any atom is 0.0208 e. The molecule has 0 fully saturated rings. The highest BCUT2D eigenvalue weighted by Crippen LogP contribution is 2.10. The molecule has 0 aromatic heterocycles. The molecule has 0 bridgehead atoms. The molecule has 0 aliphatic carbocycles. The molecule has 0 spiro atoms. The van der Waals surface area contributed by atoms with Crippen LogP contribution in [-0.4, -0.2) is 0 Å². The van der Waals surface area contributed by atoms with Crippen molar-refractivity contribution in [3.63, 3.8) is 0 Å². The number of hydrogen-bond donors (Lipinski definition) is 1. The summed E-state index contributed by atoms with van der Waals surface area (Å²) in [5, 5.41) is 3.42. The molecule has 1 nitrogen and oxygen atoms in total. The third-order valence-corrected chi connectivity index (χ3v) is 2.94. The fourth-order valence-corrected chi connectivity index (χ4v) is 1.81. The quantitative estimate of drug-likeness (QED) is 0.897. The van der Waals surface area contributed by atoms with Gasteiger partial charge in [-0.25, -0.2) is 0 Å². The molecule has 0 unspecified atom stereocenters. The van der Waals surface area contributed by atoms with Crippen LogP contribution in [0.5, 0.6) is 0 Å². The van der Waals surface area contributed by atoms with Gasteiger partial charge in [-0.2, -0.15) is 0 Å². The zero-order chi connectivity index (χ0) is 11.2. The van der Waals surface area contributed by atoms with Crippen molar-refractivity contribution in [2.75, 3.05) is 0 Å². The van der Waals surface area contributed by atoms with Crippen LogP contribution in [0.25, 0.3) is 0 Å². The first kappa shape index (κ1) is 11.4. The zero-order valence-corrected chi connectivity index (χ0v) is 10.6. The normalized spacial score (nSPS) is 10.3. The summed E-state index contributed by atoms with van der Waals surface area (Å²) in [6, 6.07) is 18.8. The second kappa shape index (κ2) is 5.83. The topological polar surface area (TPSA) is 12.0 Å². The molecule has 0 saturated carbocycles. The fraction of sp³-hybridized carbons (Fsp3) is 0.143. The summed E-state index contributed by atoms with van der Waals surface area (Å²) in [4.78, 5) is 0. The Balaban J connectivity index is 1.82. The maximum atomic E-state index is 3.43. The van der Waals surface area contributed by atoms with E-state index in [4.69, 9.17) is 0 Å². The van der Waals surface area contributed by atoms with Crippen LogP contribution in [0.1, 0.15) is 11.1 Å². The van der Waals surface area contributed by atoms with Gasteiger partial charge in [0, 0.05) is 17.6 Å². The smallest absolute Gasteiger partial charge is 0.0208 e. The Morgan fingerprint density at radius 3 is 1.94 bits per heavy atom. The molecule has 0 amide bonds.